The van der Waals surface area contributed by atoms with Crippen LogP contribution in [0.4, 0.5) is 0 Å². The number of benzene rings is 1. The standard InChI is InChI=1S/C18H21N3O4/c1-11-14(18(23)24)4-3-9-21(11)17(22)16-10-15(19-20-16)12-5-7-13(25-2)8-6-12/h5-8,10-11,14H,3-4,9H2,1-2H3,(H,19,20)(H,23,24)/t11-,14-/m0/s1. The summed E-state index contributed by atoms with van der Waals surface area (Å²) in [7, 11) is 1.60. The van der Waals surface area contributed by atoms with E-state index in [9.17, 15) is 14.7 Å². The van der Waals surface area contributed by atoms with Crippen LogP contribution >= 0.6 is 0 Å². The number of aromatic amines is 1. The van der Waals surface area contributed by atoms with E-state index < -0.39 is 11.9 Å². The monoisotopic (exact) mass is 343 g/mol. The summed E-state index contributed by atoms with van der Waals surface area (Å²) in [5, 5.41) is 16.3. The highest BCUT2D eigenvalue weighted by atomic mass is 16.5. The molecule has 3 rings (SSSR count). The lowest BCUT2D eigenvalue weighted by molar-refractivity contribution is -0.144. The van der Waals surface area contributed by atoms with Crippen LogP contribution in [0.2, 0.25) is 0 Å². The molecule has 1 fully saturated rings. The number of hydrogen-bond donors (Lipinski definition) is 2. The number of nitrogens with one attached hydrogen (secondary N) is 1. The van der Waals surface area contributed by atoms with Crippen molar-refractivity contribution in [2.75, 3.05) is 13.7 Å². The van der Waals surface area contributed by atoms with E-state index in [0.29, 0.717) is 30.8 Å². The second kappa shape index (κ2) is 6.96. The van der Waals surface area contributed by atoms with Gasteiger partial charge >= 0.3 is 5.97 Å². The molecule has 0 spiro atoms. The second-order valence-electron chi connectivity index (χ2n) is 6.22. The fourth-order valence-corrected chi connectivity index (χ4v) is 3.26. The van der Waals surface area contributed by atoms with Crippen molar-refractivity contribution in [3.8, 4) is 17.0 Å². The van der Waals surface area contributed by atoms with Crippen LogP contribution in [0.5, 0.6) is 5.75 Å². The normalized spacial score (nSPS) is 20.3. The zero-order valence-electron chi connectivity index (χ0n) is 14.2. The second-order valence-corrected chi connectivity index (χ2v) is 6.22. The molecule has 1 aliphatic heterocycles. The van der Waals surface area contributed by atoms with E-state index in [0.717, 1.165) is 11.3 Å². The van der Waals surface area contributed by atoms with Crippen molar-refractivity contribution in [1.29, 1.82) is 0 Å². The first-order chi connectivity index (χ1) is 12.0. The Labute approximate surface area is 145 Å². The molecule has 2 aromatic rings. The average Bonchev–Trinajstić information content (AvgIpc) is 3.11. The van der Waals surface area contributed by atoms with Gasteiger partial charge in [0.15, 0.2) is 0 Å². The van der Waals surface area contributed by atoms with Crippen LogP contribution in [0.1, 0.15) is 30.3 Å². The number of ether oxygens (including phenoxy) is 1. The van der Waals surface area contributed by atoms with Gasteiger partial charge in [0, 0.05) is 18.2 Å². The predicted octanol–water partition coefficient (Wildman–Crippen LogP) is 2.41. The number of methoxy groups -OCH3 is 1. The first-order valence-electron chi connectivity index (χ1n) is 8.25. The highest BCUT2D eigenvalue weighted by Crippen LogP contribution is 2.26. The smallest absolute Gasteiger partial charge is 0.308 e. The first-order valence-corrected chi connectivity index (χ1v) is 8.25. The molecule has 132 valence electrons. The van der Waals surface area contributed by atoms with Gasteiger partial charge in [-0.05, 0) is 50.1 Å². The zero-order chi connectivity index (χ0) is 18.0. The minimum absolute atomic E-state index is 0.217. The molecular weight excluding hydrogens is 322 g/mol. The fraction of sp³-hybridized carbons (Fsp3) is 0.389. The van der Waals surface area contributed by atoms with Gasteiger partial charge in [0.2, 0.25) is 0 Å². The number of carboxylic acids is 1. The van der Waals surface area contributed by atoms with E-state index in [2.05, 4.69) is 10.2 Å². The van der Waals surface area contributed by atoms with E-state index in [4.69, 9.17) is 4.74 Å². The Morgan fingerprint density at radius 2 is 2.04 bits per heavy atom. The number of H-pyrrole nitrogens is 1. The Morgan fingerprint density at radius 1 is 1.32 bits per heavy atom. The minimum Gasteiger partial charge on any atom is -0.497 e. The Bertz CT molecular complexity index is 769. The number of likely N-dealkylation sites (tertiary alicyclic amines) is 1. The van der Waals surface area contributed by atoms with Crippen LogP contribution in [-0.2, 0) is 4.79 Å². The van der Waals surface area contributed by atoms with Crippen molar-refractivity contribution in [1.82, 2.24) is 15.1 Å². The third-order valence-electron chi connectivity index (χ3n) is 4.76. The number of hydrogen-bond acceptors (Lipinski definition) is 4. The van der Waals surface area contributed by atoms with E-state index in [1.165, 1.54) is 0 Å². The summed E-state index contributed by atoms with van der Waals surface area (Å²) in [6.45, 7) is 2.34. The van der Waals surface area contributed by atoms with Gasteiger partial charge in [-0.2, -0.15) is 5.10 Å². The summed E-state index contributed by atoms with van der Waals surface area (Å²) < 4.78 is 5.13. The highest BCUT2D eigenvalue weighted by molar-refractivity contribution is 5.94. The van der Waals surface area contributed by atoms with Crippen molar-refractivity contribution in [2.45, 2.75) is 25.8 Å². The molecule has 1 amide bonds. The number of aromatic nitrogens is 2. The third-order valence-corrected chi connectivity index (χ3v) is 4.76. The molecule has 2 heterocycles. The molecule has 0 aliphatic carbocycles. The number of carboxylic acid groups (broad SMARTS) is 1. The minimum atomic E-state index is -0.853. The van der Waals surface area contributed by atoms with Crippen LogP contribution in [0.3, 0.4) is 0 Å². The molecule has 1 saturated heterocycles. The lowest BCUT2D eigenvalue weighted by Gasteiger charge is -2.37. The van der Waals surface area contributed by atoms with Crippen LogP contribution in [-0.4, -0.2) is 51.8 Å². The van der Waals surface area contributed by atoms with Crippen LogP contribution in [0, 0.1) is 5.92 Å². The summed E-state index contributed by atoms with van der Waals surface area (Å²) in [5.41, 5.74) is 1.89. The Kier molecular flexibility index (Phi) is 4.74. The number of aliphatic carboxylic acids is 1. The third kappa shape index (κ3) is 3.35. The van der Waals surface area contributed by atoms with Gasteiger partial charge in [0.1, 0.15) is 11.4 Å². The van der Waals surface area contributed by atoms with Crippen LogP contribution in [0.15, 0.2) is 30.3 Å². The van der Waals surface area contributed by atoms with Crippen LogP contribution < -0.4 is 4.74 Å². The lowest BCUT2D eigenvalue weighted by Crippen LogP contribution is -2.49. The van der Waals surface area contributed by atoms with Gasteiger partial charge in [-0.3, -0.25) is 14.7 Å². The molecule has 0 bridgehead atoms. The molecule has 0 saturated carbocycles. The van der Waals surface area contributed by atoms with Crippen molar-refractivity contribution in [3.63, 3.8) is 0 Å². The van der Waals surface area contributed by atoms with Gasteiger partial charge in [-0.1, -0.05) is 0 Å². The molecule has 2 atom stereocenters. The van der Waals surface area contributed by atoms with Gasteiger partial charge < -0.3 is 14.7 Å². The maximum atomic E-state index is 12.8. The van der Waals surface area contributed by atoms with Crippen molar-refractivity contribution < 1.29 is 19.4 Å². The molecule has 1 aromatic carbocycles. The van der Waals surface area contributed by atoms with E-state index in [-0.39, 0.29) is 11.9 Å². The van der Waals surface area contributed by atoms with Crippen molar-refractivity contribution in [3.05, 3.63) is 36.0 Å². The molecule has 1 aliphatic rings. The zero-order valence-corrected chi connectivity index (χ0v) is 14.2. The predicted molar refractivity (Wildman–Crippen MR) is 91.4 cm³/mol. The molecule has 7 heteroatoms. The van der Waals surface area contributed by atoms with Crippen LogP contribution in [0.25, 0.3) is 11.3 Å². The fourth-order valence-electron chi connectivity index (χ4n) is 3.26. The summed E-state index contributed by atoms with van der Waals surface area (Å²) in [6.07, 6.45) is 1.28. The van der Waals surface area contributed by atoms with Gasteiger partial charge in [-0.15, -0.1) is 0 Å². The molecule has 0 radical (unpaired) electrons. The number of carbonyl (C=O) groups excluding carboxylic acids is 1. The van der Waals surface area contributed by atoms with E-state index >= 15 is 0 Å². The molecule has 2 N–H and O–H groups in total. The molecular formula is C18H21N3O4. The number of piperidine rings is 1. The topological polar surface area (TPSA) is 95.5 Å². The largest absolute Gasteiger partial charge is 0.497 e. The van der Waals surface area contributed by atoms with Crippen molar-refractivity contribution >= 4 is 11.9 Å². The molecule has 0 unspecified atom stereocenters. The average molecular weight is 343 g/mol. The van der Waals surface area contributed by atoms with Crippen molar-refractivity contribution in [2.24, 2.45) is 5.92 Å². The maximum Gasteiger partial charge on any atom is 0.308 e. The van der Waals surface area contributed by atoms with E-state index in [1.807, 2.05) is 24.3 Å². The van der Waals surface area contributed by atoms with Gasteiger partial charge in [0.05, 0.1) is 18.7 Å². The molecule has 7 nitrogen and oxygen atoms in total. The first kappa shape index (κ1) is 17.0. The Hall–Kier alpha value is -2.83. The summed E-state index contributed by atoms with van der Waals surface area (Å²) in [5.74, 6) is -0.849. The van der Waals surface area contributed by atoms with Gasteiger partial charge in [-0.25, -0.2) is 0 Å². The number of nitrogens with zero attached hydrogens (tertiary/aromatic N) is 2. The summed E-state index contributed by atoms with van der Waals surface area (Å²) in [4.78, 5) is 25.7. The highest BCUT2D eigenvalue weighted by Gasteiger charge is 2.36. The molecule has 25 heavy (non-hydrogen) atoms. The molecule has 1 aromatic heterocycles. The quantitative estimate of drug-likeness (QED) is 0.889. The summed E-state index contributed by atoms with van der Waals surface area (Å²) >= 11 is 0. The summed E-state index contributed by atoms with van der Waals surface area (Å²) in [6, 6.07) is 8.75. The van der Waals surface area contributed by atoms with E-state index in [1.54, 1.807) is 25.0 Å². The number of carbonyl (C=O) groups is 2. The van der Waals surface area contributed by atoms with Gasteiger partial charge in [0.25, 0.3) is 5.91 Å². The SMILES string of the molecule is COc1ccc(-c2cc(C(=O)N3CCC[C@H](C(=O)O)[C@@H]3C)[nH]n2)cc1. The number of amides is 1. The number of rotatable bonds is 4. The maximum absolute atomic E-state index is 12.8. The Morgan fingerprint density at radius 3 is 2.68 bits per heavy atom. The lowest BCUT2D eigenvalue weighted by atomic mass is 9.90. The Balaban J connectivity index is 1.79.